The first-order valence-electron chi connectivity index (χ1n) is 9.33. The van der Waals surface area contributed by atoms with E-state index in [9.17, 15) is 4.79 Å². The van der Waals surface area contributed by atoms with Crippen molar-refractivity contribution < 1.29 is 9.53 Å². The number of rotatable bonds is 4. The molecule has 142 valence electrons. The number of thiazole rings is 1. The number of benzene rings is 3. The molecule has 0 spiro atoms. The van der Waals surface area contributed by atoms with E-state index >= 15 is 0 Å². The van der Waals surface area contributed by atoms with Crippen LogP contribution in [0.4, 0.5) is 0 Å². The van der Waals surface area contributed by atoms with E-state index in [0.29, 0.717) is 0 Å². The van der Waals surface area contributed by atoms with Crippen molar-refractivity contribution in [3.05, 3.63) is 70.5 Å². The normalized spacial score (nSPS) is 12.0. The fourth-order valence-electron chi connectivity index (χ4n) is 3.58. The number of carbonyl (C=O) groups excluding carboxylic acids is 1. The number of methoxy groups -OCH3 is 1. The van der Waals surface area contributed by atoms with E-state index in [-0.39, 0.29) is 12.3 Å². The lowest BCUT2D eigenvalue weighted by Crippen LogP contribution is -2.17. The Labute approximate surface area is 167 Å². The minimum Gasteiger partial charge on any atom is -0.495 e. The molecule has 1 amide bonds. The van der Waals surface area contributed by atoms with E-state index in [1.54, 1.807) is 18.4 Å². The fraction of sp³-hybridized carbons (Fsp3) is 0.217. The predicted molar refractivity (Wildman–Crippen MR) is 115 cm³/mol. The van der Waals surface area contributed by atoms with Gasteiger partial charge >= 0.3 is 0 Å². The van der Waals surface area contributed by atoms with Crippen molar-refractivity contribution in [2.24, 2.45) is 4.99 Å². The molecule has 0 unspecified atom stereocenters. The summed E-state index contributed by atoms with van der Waals surface area (Å²) in [4.78, 5) is 18.0. The van der Waals surface area contributed by atoms with Gasteiger partial charge in [-0.15, -0.1) is 0 Å². The van der Waals surface area contributed by atoms with Crippen molar-refractivity contribution in [1.82, 2.24) is 4.57 Å². The number of nitrogens with zero attached hydrogens (tertiary/aromatic N) is 2. The van der Waals surface area contributed by atoms with Gasteiger partial charge in [0.25, 0.3) is 5.91 Å². The third-order valence-corrected chi connectivity index (χ3v) is 6.18. The van der Waals surface area contributed by atoms with Gasteiger partial charge in [-0.2, -0.15) is 4.99 Å². The number of hydrogen-bond donors (Lipinski definition) is 0. The second-order valence-corrected chi connectivity index (χ2v) is 7.69. The zero-order valence-electron chi connectivity index (χ0n) is 16.2. The van der Waals surface area contributed by atoms with E-state index in [1.807, 2.05) is 36.4 Å². The van der Waals surface area contributed by atoms with Crippen LogP contribution in [0.1, 0.15) is 18.1 Å². The van der Waals surface area contributed by atoms with Gasteiger partial charge in [0.2, 0.25) is 0 Å². The van der Waals surface area contributed by atoms with Gasteiger partial charge in [0.1, 0.15) is 11.3 Å². The maximum absolute atomic E-state index is 12.8. The SMILES string of the molecule is CCn1c(=NC(=O)Cc2cccc3ccccc23)sc2c(C)ccc(OC)c21. The second-order valence-electron chi connectivity index (χ2n) is 6.71. The quantitative estimate of drug-likeness (QED) is 0.499. The van der Waals surface area contributed by atoms with Gasteiger partial charge in [0.05, 0.1) is 18.2 Å². The number of aromatic nitrogens is 1. The third-order valence-electron chi connectivity index (χ3n) is 4.96. The highest BCUT2D eigenvalue weighted by Gasteiger charge is 2.14. The molecule has 0 bridgehead atoms. The lowest BCUT2D eigenvalue weighted by molar-refractivity contribution is -0.117. The first-order valence-corrected chi connectivity index (χ1v) is 10.1. The number of aryl methyl sites for hydroxylation is 2. The van der Waals surface area contributed by atoms with Gasteiger partial charge in [-0.1, -0.05) is 59.9 Å². The van der Waals surface area contributed by atoms with E-state index in [2.05, 4.69) is 41.6 Å². The molecular formula is C23H22N2O2S. The molecule has 0 radical (unpaired) electrons. The summed E-state index contributed by atoms with van der Waals surface area (Å²) < 4.78 is 8.72. The highest BCUT2D eigenvalue weighted by atomic mass is 32.1. The van der Waals surface area contributed by atoms with Crippen LogP contribution in [-0.4, -0.2) is 17.6 Å². The average molecular weight is 391 g/mol. The molecule has 0 aliphatic heterocycles. The van der Waals surface area contributed by atoms with Crippen LogP contribution in [0, 0.1) is 6.92 Å². The molecule has 0 aliphatic carbocycles. The number of ether oxygens (including phenoxy) is 1. The lowest BCUT2D eigenvalue weighted by Gasteiger charge is -2.07. The number of carbonyl (C=O) groups is 1. The van der Waals surface area contributed by atoms with Crippen molar-refractivity contribution in [3.63, 3.8) is 0 Å². The summed E-state index contributed by atoms with van der Waals surface area (Å²) in [6.45, 7) is 4.85. The Kier molecular flexibility index (Phi) is 5.01. The maximum Gasteiger partial charge on any atom is 0.252 e. The topological polar surface area (TPSA) is 43.6 Å². The lowest BCUT2D eigenvalue weighted by atomic mass is 10.0. The zero-order valence-corrected chi connectivity index (χ0v) is 17.0. The molecule has 0 fully saturated rings. The van der Waals surface area contributed by atoms with Crippen LogP contribution in [0.3, 0.4) is 0 Å². The summed E-state index contributed by atoms with van der Waals surface area (Å²) in [5, 5.41) is 2.24. The monoisotopic (exact) mass is 390 g/mol. The minimum atomic E-state index is -0.137. The molecule has 0 saturated heterocycles. The Morgan fingerprint density at radius 1 is 1.11 bits per heavy atom. The molecule has 1 aromatic heterocycles. The first-order chi connectivity index (χ1) is 13.6. The maximum atomic E-state index is 12.8. The Bertz CT molecular complexity index is 1250. The largest absolute Gasteiger partial charge is 0.495 e. The summed E-state index contributed by atoms with van der Waals surface area (Å²) >= 11 is 1.54. The van der Waals surface area contributed by atoms with Gasteiger partial charge < -0.3 is 9.30 Å². The molecule has 28 heavy (non-hydrogen) atoms. The van der Waals surface area contributed by atoms with Crippen LogP contribution in [0.15, 0.2) is 59.6 Å². The summed E-state index contributed by atoms with van der Waals surface area (Å²) in [6, 6.07) is 18.2. The molecule has 0 atom stereocenters. The number of amides is 1. The van der Waals surface area contributed by atoms with E-state index in [4.69, 9.17) is 4.74 Å². The van der Waals surface area contributed by atoms with Gasteiger partial charge in [-0.05, 0) is 41.8 Å². The van der Waals surface area contributed by atoms with Crippen LogP contribution in [-0.2, 0) is 17.8 Å². The summed E-state index contributed by atoms with van der Waals surface area (Å²) in [7, 11) is 1.67. The van der Waals surface area contributed by atoms with Crippen LogP contribution in [0.25, 0.3) is 21.0 Å². The average Bonchev–Trinajstić information content (AvgIpc) is 3.07. The Balaban J connectivity index is 1.79. The zero-order chi connectivity index (χ0) is 19.7. The van der Waals surface area contributed by atoms with Gasteiger partial charge in [0, 0.05) is 6.54 Å². The van der Waals surface area contributed by atoms with Crippen LogP contribution >= 0.6 is 11.3 Å². The standard InChI is InChI=1S/C23H22N2O2S/c1-4-25-21-19(27-3)13-12-15(2)22(21)28-23(25)24-20(26)14-17-10-7-9-16-8-5-6-11-18(16)17/h5-13H,4,14H2,1-3H3. The first kappa shape index (κ1) is 18.4. The van der Waals surface area contributed by atoms with Crippen LogP contribution in [0.5, 0.6) is 5.75 Å². The molecule has 4 nitrogen and oxygen atoms in total. The van der Waals surface area contributed by atoms with E-state index < -0.39 is 0 Å². The molecule has 3 aromatic carbocycles. The second kappa shape index (κ2) is 7.60. The predicted octanol–water partition coefficient (Wildman–Crippen LogP) is 4.86. The van der Waals surface area contributed by atoms with E-state index in [0.717, 1.165) is 49.2 Å². The van der Waals surface area contributed by atoms with Gasteiger partial charge in [-0.3, -0.25) is 4.79 Å². The highest BCUT2D eigenvalue weighted by molar-refractivity contribution is 7.16. The highest BCUT2D eigenvalue weighted by Crippen LogP contribution is 2.30. The summed E-state index contributed by atoms with van der Waals surface area (Å²) in [5.41, 5.74) is 3.17. The number of hydrogen-bond acceptors (Lipinski definition) is 3. The van der Waals surface area contributed by atoms with Crippen molar-refractivity contribution in [2.45, 2.75) is 26.8 Å². The number of fused-ring (bicyclic) bond motifs is 2. The van der Waals surface area contributed by atoms with Crippen molar-refractivity contribution in [2.75, 3.05) is 7.11 Å². The smallest absolute Gasteiger partial charge is 0.252 e. The molecule has 0 saturated carbocycles. The Morgan fingerprint density at radius 2 is 1.89 bits per heavy atom. The Morgan fingerprint density at radius 3 is 2.68 bits per heavy atom. The summed E-state index contributed by atoms with van der Waals surface area (Å²) in [6.07, 6.45) is 0.287. The molecular weight excluding hydrogens is 368 g/mol. The summed E-state index contributed by atoms with van der Waals surface area (Å²) in [5.74, 6) is 0.670. The van der Waals surface area contributed by atoms with Crippen LogP contribution in [0.2, 0.25) is 0 Å². The Hall–Kier alpha value is -2.92. The van der Waals surface area contributed by atoms with Crippen molar-refractivity contribution in [3.8, 4) is 5.75 Å². The van der Waals surface area contributed by atoms with E-state index in [1.165, 1.54) is 0 Å². The van der Waals surface area contributed by atoms with Crippen molar-refractivity contribution >= 4 is 38.2 Å². The minimum absolute atomic E-state index is 0.137. The third kappa shape index (κ3) is 3.22. The molecule has 0 aliphatic rings. The molecule has 4 aromatic rings. The molecule has 4 rings (SSSR count). The van der Waals surface area contributed by atoms with Gasteiger partial charge in [0.15, 0.2) is 4.80 Å². The molecule has 5 heteroatoms. The van der Waals surface area contributed by atoms with Crippen LogP contribution < -0.4 is 9.54 Å². The van der Waals surface area contributed by atoms with Crippen molar-refractivity contribution in [1.29, 1.82) is 0 Å². The molecule has 1 heterocycles. The van der Waals surface area contributed by atoms with Gasteiger partial charge in [-0.25, -0.2) is 0 Å². The fourth-order valence-corrected chi connectivity index (χ4v) is 4.77. The molecule has 0 N–H and O–H groups in total.